The van der Waals surface area contributed by atoms with Crippen molar-refractivity contribution < 1.29 is 13.9 Å². The Labute approximate surface area is 180 Å². The molecule has 1 aliphatic heterocycles. The number of anilines is 1. The number of nitrogens with one attached hydrogen (secondary N) is 1. The van der Waals surface area contributed by atoms with Gasteiger partial charge in [0.25, 0.3) is 0 Å². The fraction of sp³-hybridized carbons (Fsp3) is 0.231. The average molecular weight is 414 g/mol. The van der Waals surface area contributed by atoms with Gasteiger partial charge in [0.2, 0.25) is 0 Å². The first-order valence-electron chi connectivity index (χ1n) is 10.5. The van der Waals surface area contributed by atoms with E-state index in [9.17, 15) is 9.18 Å². The van der Waals surface area contributed by atoms with Crippen molar-refractivity contribution in [1.82, 2.24) is 0 Å². The maximum atomic E-state index is 13.6. The predicted molar refractivity (Wildman–Crippen MR) is 120 cm³/mol. The zero-order valence-corrected chi connectivity index (χ0v) is 17.2. The number of hydrogen-bond acceptors (Lipinski definition) is 4. The highest BCUT2D eigenvalue weighted by molar-refractivity contribution is 6.10. The maximum absolute atomic E-state index is 13.6. The molecular weight excluding hydrogens is 391 g/mol. The molecule has 1 heterocycles. The highest BCUT2D eigenvalue weighted by Gasteiger charge is 2.41. The lowest BCUT2D eigenvalue weighted by Gasteiger charge is -2.34. The number of benzene rings is 3. The lowest BCUT2D eigenvalue weighted by Crippen LogP contribution is -2.38. The number of nitrogens with zero attached hydrogens (tertiary/aromatic N) is 1. The van der Waals surface area contributed by atoms with Gasteiger partial charge in [0.1, 0.15) is 17.3 Å². The van der Waals surface area contributed by atoms with Crippen LogP contribution in [0.15, 0.2) is 77.8 Å². The maximum Gasteiger partial charge on any atom is 0.144 e. The topological polar surface area (TPSA) is 50.7 Å². The van der Waals surface area contributed by atoms with Crippen LogP contribution in [-0.2, 0) is 4.79 Å². The van der Waals surface area contributed by atoms with Crippen molar-refractivity contribution in [3.05, 3.63) is 89.7 Å². The van der Waals surface area contributed by atoms with Crippen molar-refractivity contribution in [2.24, 2.45) is 10.9 Å². The van der Waals surface area contributed by atoms with E-state index in [2.05, 4.69) is 5.32 Å². The molecule has 0 radical (unpaired) electrons. The smallest absolute Gasteiger partial charge is 0.144 e. The van der Waals surface area contributed by atoms with E-state index in [0.29, 0.717) is 12.8 Å². The molecule has 0 saturated heterocycles. The largest absolute Gasteiger partial charge is 0.497 e. The Kier molecular flexibility index (Phi) is 5.02. The first-order valence-corrected chi connectivity index (χ1v) is 10.5. The zero-order chi connectivity index (χ0) is 21.4. The average Bonchev–Trinajstić information content (AvgIpc) is 2.96. The van der Waals surface area contributed by atoms with E-state index in [-0.39, 0.29) is 29.5 Å². The second kappa shape index (κ2) is 7.99. The summed E-state index contributed by atoms with van der Waals surface area (Å²) in [7, 11) is 1.64. The molecule has 5 rings (SSSR count). The normalized spacial score (nSPS) is 22.5. The molecule has 0 spiro atoms. The number of para-hydroxylation sites is 2. The van der Waals surface area contributed by atoms with Crippen LogP contribution in [0.1, 0.15) is 35.9 Å². The number of fused-ring (bicyclic) bond motifs is 2. The third kappa shape index (κ3) is 3.72. The summed E-state index contributed by atoms with van der Waals surface area (Å²) in [4.78, 5) is 18.4. The van der Waals surface area contributed by atoms with Gasteiger partial charge < -0.3 is 10.1 Å². The molecule has 0 bridgehead atoms. The van der Waals surface area contributed by atoms with Gasteiger partial charge in [-0.3, -0.25) is 9.79 Å². The molecule has 156 valence electrons. The van der Waals surface area contributed by atoms with Crippen LogP contribution in [0.5, 0.6) is 5.75 Å². The van der Waals surface area contributed by atoms with Crippen LogP contribution in [0.2, 0.25) is 0 Å². The number of halogens is 1. The number of methoxy groups -OCH3 is 1. The van der Waals surface area contributed by atoms with Gasteiger partial charge >= 0.3 is 0 Å². The minimum Gasteiger partial charge on any atom is -0.497 e. The standard InChI is InChI=1S/C26H23FN2O2/c1-31-20-12-8-16(9-13-20)18-14-23-25(24(30)15-18)26(17-6-10-19(27)11-7-17)29-22-5-3-2-4-21(22)28-23/h2-13,18,25-26,29H,14-15H2,1H3. The van der Waals surface area contributed by atoms with Crippen LogP contribution < -0.4 is 10.1 Å². The van der Waals surface area contributed by atoms with Gasteiger partial charge in [-0.2, -0.15) is 0 Å². The van der Waals surface area contributed by atoms with Gasteiger partial charge in [-0.05, 0) is 59.9 Å². The molecule has 4 nitrogen and oxygen atoms in total. The van der Waals surface area contributed by atoms with Crippen molar-refractivity contribution in [1.29, 1.82) is 0 Å². The van der Waals surface area contributed by atoms with Crippen LogP contribution in [0.4, 0.5) is 15.8 Å². The highest BCUT2D eigenvalue weighted by atomic mass is 19.1. The molecule has 0 amide bonds. The van der Waals surface area contributed by atoms with Crippen LogP contribution in [0, 0.1) is 11.7 Å². The molecule has 3 aromatic carbocycles. The lowest BCUT2D eigenvalue weighted by atomic mass is 9.72. The molecule has 1 saturated carbocycles. The number of carbonyl (C=O) groups is 1. The van der Waals surface area contributed by atoms with E-state index < -0.39 is 0 Å². The van der Waals surface area contributed by atoms with Crippen LogP contribution in [-0.4, -0.2) is 18.6 Å². The van der Waals surface area contributed by atoms with Crippen molar-refractivity contribution >= 4 is 22.9 Å². The lowest BCUT2D eigenvalue weighted by molar-refractivity contribution is -0.122. The van der Waals surface area contributed by atoms with Gasteiger partial charge in [0.05, 0.1) is 30.4 Å². The number of hydrogen-bond donors (Lipinski definition) is 1. The summed E-state index contributed by atoms with van der Waals surface area (Å²) >= 11 is 0. The fourth-order valence-electron chi connectivity index (χ4n) is 4.66. The molecular formula is C26H23FN2O2. The van der Waals surface area contributed by atoms with E-state index in [1.54, 1.807) is 19.2 Å². The second-order valence-electron chi connectivity index (χ2n) is 8.12. The molecule has 1 aliphatic carbocycles. The Balaban J connectivity index is 1.55. The highest BCUT2D eigenvalue weighted by Crippen LogP contribution is 2.44. The third-order valence-electron chi connectivity index (χ3n) is 6.24. The Morgan fingerprint density at radius 2 is 1.65 bits per heavy atom. The molecule has 3 unspecified atom stereocenters. The summed E-state index contributed by atoms with van der Waals surface area (Å²) in [6.07, 6.45) is 1.15. The van der Waals surface area contributed by atoms with Crippen molar-refractivity contribution in [2.75, 3.05) is 12.4 Å². The van der Waals surface area contributed by atoms with Crippen LogP contribution >= 0.6 is 0 Å². The monoisotopic (exact) mass is 414 g/mol. The van der Waals surface area contributed by atoms with Gasteiger partial charge in [-0.15, -0.1) is 0 Å². The molecule has 0 aromatic heterocycles. The first kappa shape index (κ1) is 19.5. The Morgan fingerprint density at radius 3 is 2.39 bits per heavy atom. The van der Waals surface area contributed by atoms with E-state index in [1.165, 1.54) is 12.1 Å². The summed E-state index contributed by atoms with van der Waals surface area (Å²) in [6, 6.07) is 21.8. The molecule has 1 fully saturated rings. The number of carbonyl (C=O) groups excluding carboxylic acids is 1. The Morgan fingerprint density at radius 1 is 0.935 bits per heavy atom. The summed E-state index contributed by atoms with van der Waals surface area (Å²) in [5, 5.41) is 3.52. The molecule has 2 aliphatic rings. The zero-order valence-electron chi connectivity index (χ0n) is 17.2. The number of ether oxygens (including phenoxy) is 1. The Hall–Kier alpha value is -3.47. The van der Waals surface area contributed by atoms with Crippen molar-refractivity contribution in [3.8, 4) is 5.75 Å². The summed E-state index contributed by atoms with van der Waals surface area (Å²) in [5.41, 5.74) is 4.58. The number of aliphatic imine (C=N–C) groups is 1. The molecule has 5 heteroatoms. The minimum absolute atomic E-state index is 0.0764. The SMILES string of the molecule is COc1ccc(C2CC(=O)C3C(=Nc4ccccc4NC3c3ccc(F)cc3)C2)cc1. The number of ketones is 1. The molecule has 3 aromatic rings. The van der Waals surface area contributed by atoms with Crippen LogP contribution in [0.25, 0.3) is 0 Å². The van der Waals surface area contributed by atoms with E-state index in [0.717, 1.165) is 34.0 Å². The Bertz CT molecular complexity index is 1140. The molecule has 3 atom stereocenters. The van der Waals surface area contributed by atoms with Gasteiger partial charge in [-0.1, -0.05) is 36.4 Å². The van der Waals surface area contributed by atoms with Crippen LogP contribution in [0.3, 0.4) is 0 Å². The predicted octanol–water partition coefficient (Wildman–Crippen LogP) is 5.84. The summed E-state index contributed by atoms with van der Waals surface area (Å²) < 4.78 is 18.8. The second-order valence-corrected chi connectivity index (χ2v) is 8.12. The van der Waals surface area contributed by atoms with Crippen molar-refractivity contribution in [2.45, 2.75) is 24.8 Å². The summed E-state index contributed by atoms with van der Waals surface area (Å²) in [6.45, 7) is 0. The fourth-order valence-corrected chi connectivity index (χ4v) is 4.66. The molecule has 1 N–H and O–H groups in total. The first-order chi connectivity index (χ1) is 15.1. The van der Waals surface area contributed by atoms with E-state index >= 15 is 0 Å². The minimum atomic E-state index is -0.382. The number of Topliss-reactive ketones (excluding diaryl/α,β-unsaturated/α-hetero) is 1. The van der Waals surface area contributed by atoms with E-state index in [4.69, 9.17) is 9.73 Å². The van der Waals surface area contributed by atoms with E-state index in [1.807, 2.05) is 48.5 Å². The molecule has 31 heavy (non-hydrogen) atoms. The third-order valence-corrected chi connectivity index (χ3v) is 6.24. The quantitative estimate of drug-likeness (QED) is 0.586. The number of rotatable bonds is 3. The van der Waals surface area contributed by atoms with Gasteiger partial charge in [0.15, 0.2) is 0 Å². The van der Waals surface area contributed by atoms with Crippen molar-refractivity contribution in [3.63, 3.8) is 0 Å². The summed E-state index contributed by atoms with van der Waals surface area (Å²) in [5.74, 6) is 0.353. The van der Waals surface area contributed by atoms with Gasteiger partial charge in [-0.25, -0.2) is 4.39 Å². The van der Waals surface area contributed by atoms with Gasteiger partial charge in [0, 0.05) is 12.1 Å².